The van der Waals surface area contributed by atoms with Gasteiger partial charge in [-0.15, -0.1) is 5.10 Å². The number of hydrogen-bond donors (Lipinski definition) is 2. The van der Waals surface area contributed by atoms with Crippen LogP contribution in [0.25, 0.3) is 0 Å². The molecule has 2 aromatic rings. The summed E-state index contributed by atoms with van der Waals surface area (Å²) in [5, 5.41) is 8.57. The molecule has 0 saturated heterocycles. The largest absolute Gasteiger partial charge is 0.496 e. The molecule has 0 fully saturated rings. The van der Waals surface area contributed by atoms with Crippen molar-refractivity contribution in [3.63, 3.8) is 0 Å². The molecular formula is C12H13FN4O3. The molecule has 0 bridgehead atoms. The Kier molecular flexibility index (Phi) is 4.14. The van der Waals surface area contributed by atoms with Crippen molar-refractivity contribution < 1.29 is 18.7 Å². The number of carbonyl (C=O) groups is 1. The van der Waals surface area contributed by atoms with Gasteiger partial charge in [0.05, 0.1) is 13.7 Å². The number of nitrogens with one attached hydrogen (secondary N) is 2. The molecule has 1 amide bonds. The minimum Gasteiger partial charge on any atom is -0.496 e. The van der Waals surface area contributed by atoms with E-state index in [4.69, 9.17) is 9.47 Å². The number of benzene rings is 1. The van der Waals surface area contributed by atoms with E-state index in [0.717, 1.165) is 0 Å². The molecule has 0 saturated carbocycles. The van der Waals surface area contributed by atoms with Crippen molar-refractivity contribution in [1.82, 2.24) is 15.2 Å². The highest BCUT2D eigenvalue weighted by Gasteiger charge is 2.19. The fourth-order valence-corrected chi connectivity index (χ4v) is 1.56. The first kappa shape index (κ1) is 13.8. The van der Waals surface area contributed by atoms with Gasteiger partial charge < -0.3 is 9.47 Å². The van der Waals surface area contributed by atoms with E-state index in [2.05, 4.69) is 20.5 Å². The lowest BCUT2D eigenvalue weighted by molar-refractivity contribution is 0.101. The summed E-state index contributed by atoms with van der Waals surface area (Å²) in [5.41, 5.74) is -0.204. The Bertz CT molecular complexity index is 614. The third-order valence-corrected chi connectivity index (χ3v) is 2.39. The number of carbonyl (C=O) groups excluding carboxylic acids is 1. The lowest BCUT2D eigenvalue weighted by Crippen LogP contribution is -2.16. The lowest BCUT2D eigenvalue weighted by Gasteiger charge is -2.08. The van der Waals surface area contributed by atoms with Crippen LogP contribution in [0, 0.1) is 5.82 Å². The predicted molar refractivity (Wildman–Crippen MR) is 68.5 cm³/mol. The van der Waals surface area contributed by atoms with Crippen molar-refractivity contribution in [2.24, 2.45) is 0 Å². The molecule has 20 heavy (non-hydrogen) atoms. The van der Waals surface area contributed by atoms with E-state index >= 15 is 0 Å². The fourth-order valence-electron chi connectivity index (χ4n) is 1.56. The minimum absolute atomic E-state index is 0.0590. The van der Waals surface area contributed by atoms with Crippen molar-refractivity contribution >= 4 is 11.9 Å². The average Bonchev–Trinajstić information content (AvgIpc) is 2.86. The van der Waals surface area contributed by atoms with Crippen molar-refractivity contribution in [2.75, 3.05) is 19.0 Å². The molecule has 2 N–H and O–H groups in total. The number of amides is 1. The number of methoxy groups -OCH3 is 1. The Morgan fingerprint density at radius 1 is 1.50 bits per heavy atom. The maximum absolute atomic E-state index is 13.7. The van der Waals surface area contributed by atoms with Crippen LogP contribution in [-0.2, 0) is 0 Å². The summed E-state index contributed by atoms with van der Waals surface area (Å²) >= 11 is 0. The monoisotopic (exact) mass is 280 g/mol. The zero-order valence-electron chi connectivity index (χ0n) is 10.9. The van der Waals surface area contributed by atoms with Gasteiger partial charge in [-0.2, -0.15) is 4.98 Å². The molecule has 0 aliphatic heterocycles. The van der Waals surface area contributed by atoms with Crippen molar-refractivity contribution in [3.05, 3.63) is 29.6 Å². The molecule has 8 heteroatoms. The van der Waals surface area contributed by atoms with Crippen molar-refractivity contribution in [2.45, 2.75) is 6.92 Å². The molecule has 1 aromatic heterocycles. The molecule has 0 aliphatic rings. The number of aromatic nitrogens is 3. The third kappa shape index (κ3) is 2.85. The third-order valence-electron chi connectivity index (χ3n) is 2.39. The van der Waals surface area contributed by atoms with Crippen molar-refractivity contribution in [1.29, 1.82) is 0 Å². The molecule has 0 aliphatic carbocycles. The summed E-state index contributed by atoms with van der Waals surface area (Å²) in [5.74, 6) is -1.19. The molecular weight excluding hydrogens is 267 g/mol. The van der Waals surface area contributed by atoms with Gasteiger partial charge in [0.25, 0.3) is 5.91 Å². The van der Waals surface area contributed by atoms with Gasteiger partial charge in [0, 0.05) is 0 Å². The molecule has 106 valence electrons. The minimum atomic E-state index is -0.695. The van der Waals surface area contributed by atoms with Crippen LogP contribution in [-0.4, -0.2) is 34.8 Å². The van der Waals surface area contributed by atoms with Gasteiger partial charge in [-0.3, -0.25) is 10.1 Å². The fraction of sp³-hybridized carbons (Fsp3) is 0.250. The van der Waals surface area contributed by atoms with Crippen LogP contribution in [0.15, 0.2) is 18.2 Å². The molecule has 1 aromatic carbocycles. The summed E-state index contributed by atoms with van der Waals surface area (Å²) in [6.07, 6.45) is 0. The number of H-pyrrole nitrogens is 1. The highest BCUT2D eigenvalue weighted by Crippen LogP contribution is 2.22. The van der Waals surface area contributed by atoms with E-state index in [1.54, 1.807) is 6.92 Å². The Balaban J connectivity index is 2.19. The topological polar surface area (TPSA) is 89.1 Å². The van der Waals surface area contributed by atoms with E-state index in [-0.39, 0.29) is 23.3 Å². The van der Waals surface area contributed by atoms with Gasteiger partial charge in [-0.05, 0) is 19.1 Å². The van der Waals surface area contributed by atoms with Crippen molar-refractivity contribution in [3.8, 4) is 11.8 Å². The first-order chi connectivity index (χ1) is 9.65. The average molecular weight is 280 g/mol. The Hall–Kier alpha value is -2.64. The first-order valence-corrected chi connectivity index (χ1v) is 5.84. The molecule has 0 atom stereocenters. The van der Waals surface area contributed by atoms with Crippen LogP contribution in [0.5, 0.6) is 11.8 Å². The Labute approximate surface area is 114 Å². The lowest BCUT2D eigenvalue weighted by atomic mass is 10.1. The number of halogens is 1. The van der Waals surface area contributed by atoms with Crippen LogP contribution >= 0.6 is 0 Å². The van der Waals surface area contributed by atoms with Crippen LogP contribution < -0.4 is 14.8 Å². The normalized spacial score (nSPS) is 10.2. The number of nitrogens with zero attached hydrogens (tertiary/aromatic N) is 2. The van der Waals surface area contributed by atoms with Crippen LogP contribution in [0.1, 0.15) is 17.3 Å². The molecule has 0 radical (unpaired) electrons. The molecule has 7 nitrogen and oxygen atoms in total. The SMILES string of the molecule is CCOc1n[nH]c(NC(=O)c2c(F)cccc2OC)n1. The zero-order chi connectivity index (χ0) is 14.5. The second-order valence-electron chi connectivity index (χ2n) is 3.67. The molecule has 2 rings (SSSR count). The highest BCUT2D eigenvalue weighted by atomic mass is 19.1. The van der Waals surface area contributed by atoms with Gasteiger partial charge in [-0.1, -0.05) is 6.07 Å². The number of rotatable bonds is 5. The number of ether oxygens (including phenoxy) is 2. The van der Waals surface area contributed by atoms with Gasteiger partial charge in [-0.25, -0.2) is 9.49 Å². The van der Waals surface area contributed by atoms with E-state index < -0.39 is 11.7 Å². The van der Waals surface area contributed by atoms with Gasteiger partial charge in [0.1, 0.15) is 17.1 Å². The second-order valence-corrected chi connectivity index (χ2v) is 3.67. The number of hydrogen-bond acceptors (Lipinski definition) is 5. The van der Waals surface area contributed by atoms with Crippen LogP contribution in [0.3, 0.4) is 0 Å². The molecule has 1 heterocycles. The summed E-state index contributed by atoms with van der Waals surface area (Å²) < 4.78 is 23.7. The maximum Gasteiger partial charge on any atom is 0.337 e. The quantitative estimate of drug-likeness (QED) is 0.868. The standard InChI is InChI=1S/C12H13FN4O3/c1-3-20-12-15-11(16-17-12)14-10(18)9-7(13)5-4-6-8(9)19-2/h4-6H,3H2,1-2H3,(H2,14,15,16,17,18). The van der Waals surface area contributed by atoms with E-state index in [9.17, 15) is 9.18 Å². The molecule has 0 unspecified atom stereocenters. The number of anilines is 1. The summed E-state index contributed by atoms with van der Waals surface area (Å²) in [7, 11) is 1.35. The summed E-state index contributed by atoms with van der Waals surface area (Å²) in [4.78, 5) is 15.9. The van der Waals surface area contributed by atoms with Crippen LogP contribution in [0.2, 0.25) is 0 Å². The molecule has 0 spiro atoms. The summed E-state index contributed by atoms with van der Waals surface area (Å²) in [6.45, 7) is 2.17. The van der Waals surface area contributed by atoms with E-state index in [1.165, 1.54) is 25.3 Å². The predicted octanol–water partition coefficient (Wildman–Crippen LogP) is 1.60. The highest BCUT2D eigenvalue weighted by molar-refractivity contribution is 6.05. The van der Waals surface area contributed by atoms with E-state index in [1.807, 2.05) is 0 Å². The zero-order valence-corrected chi connectivity index (χ0v) is 10.9. The Morgan fingerprint density at radius 2 is 2.30 bits per heavy atom. The maximum atomic E-state index is 13.7. The van der Waals surface area contributed by atoms with E-state index in [0.29, 0.717) is 6.61 Å². The van der Waals surface area contributed by atoms with Gasteiger partial charge in [0.2, 0.25) is 5.95 Å². The smallest absolute Gasteiger partial charge is 0.337 e. The first-order valence-electron chi connectivity index (χ1n) is 5.84. The van der Waals surface area contributed by atoms with Gasteiger partial charge in [0.15, 0.2) is 0 Å². The second kappa shape index (κ2) is 6.00. The van der Waals surface area contributed by atoms with Crippen LogP contribution in [0.4, 0.5) is 10.3 Å². The van der Waals surface area contributed by atoms with Gasteiger partial charge >= 0.3 is 6.01 Å². The Morgan fingerprint density at radius 3 is 3.00 bits per heavy atom. The number of aromatic amines is 1. The summed E-state index contributed by atoms with van der Waals surface area (Å²) in [6, 6.07) is 4.21.